The normalized spacial score (nSPS) is 25.6. The molecule has 0 aliphatic carbocycles. The lowest BCUT2D eigenvalue weighted by Gasteiger charge is -2.38. The number of hydrogen-bond acceptors (Lipinski definition) is 4. The van der Waals surface area contributed by atoms with Gasteiger partial charge in [0.25, 0.3) is 0 Å². The van der Waals surface area contributed by atoms with Crippen molar-refractivity contribution < 1.29 is 13.5 Å². The second kappa shape index (κ2) is 5.98. The third-order valence-corrected chi connectivity index (χ3v) is 4.20. The van der Waals surface area contributed by atoms with Crippen molar-refractivity contribution in [3.63, 3.8) is 0 Å². The highest BCUT2D eigenvalue weighted by Crippen LogP contribution is 2.21. The van der Waals surface area contributed by atoms with Crippen molar-refractivity contribution in [2.24, 2.45) is 0 Å². The molecule has 2 atom stereocenters. The number of piperidine rings is 1. The van der Waals surface area contributed by atoms with Crippen LogP contribution < -0.4 is 0 Å². The van der Waals surface area contributed by atoms with Crippen molar-refractivity contribution in [3.8, 4) is 0 Å². The SMILES string of the molecule is CCC(O)C1CCCCN1CCS(C)(=O)=O. The molecule has 1 aliphatic rings. The number of aliphatic hydroxyl groups is 1. The van der Waals surface area contributed by atoms with Crippen molar-refractivity contribution in [3.05, 3.63) is 0 Å². The minimum atomic E-state index is -2.90. The Morgan fingerprint density at radius 1 is 1.44 bits per heavy atom. The zero-order valence-electron chi connectivity index (χ0n) is 10.2. The van der Waals surface area contributed by atoms with Crippen molar-refractivity contribution in [1.29, 1.82) is 0 Å². The molecule has 0 aromatic heterocycles. The fourth-order valence-corrected chi connectivity index (χ4v) is 2.85. The van der Waals surface area contributed by atoms with Gasteiger partial charge in [-0.25, -0.2) is 8.42 Å². The van der Waals surface area contributed by atoms with Gasteiger partial charge in [0.1, 0.15) is 9.84 Å². The maximum Gasteiger partial charge on any atom is 0.148 e. The van der Waals surface area contributed by atoms with Crippen LogP contribution in [0.3, 0.4) is 0 Å². The van der Waals surface area contributed by atoms with Crippen LogP contribution in [0.5, 0.6) is 0 Å². The van der Waals surface area contributed by atoms with Gasteiger partial charge in [0.2, 0.25) is 0 Å². The second-order valence-electron chi connectivity index (χ2n) is 4.70. The maximum absolute atomic E-state index is 11.1. The quantitative estimate of drug-likeness (QED) is 0.777. The smallest absolute Gasteiger partial charge is 0.148 e. The Morgan fingerprint density at radius 3 is 2.69 bits per heavy atom. The Morgan fingerprint density at radius 2 is 2.12 bits per heavy atom. The van der Waals surface area contributed by atoms with Gasteiger partial charge >= 0.3 is 0 Å². The molecule has 0 spiro atoms. The highest BCUT2D eigenvalue weighted by atomic mass is 32.2. The standard InChI is InChI=1S/C11H23NO3S/c1-3-11(13)10-6-4-5-7-12(10)8-9-16(2,14)15/h10-11,13H,3-9H2,1-2H3. The van der Waals surface area contributed by atoms with E-state index in [0.29, 0.717) is 6.54 Å². The van der Waals surface area contributed by atoms with Gasteiger partial charge < -0.3 is 5.11 Å². The molecule has 0 saturated carbocycles. The zero-order valence-corrected chi connectivity index (χ0v) is 11.0. The number of likely N-dealkylation sites (tertiary alicyclic amines) is 1. The molecule has 0 bridgehead atoms. The van der Waals surface area contributed by atoms with Crippen molar-refractivity contribution in [2.45, 2.75) is 44.8 Å². The molecule has 16 heavy (non-hydrogen) atoms. The number of aliphatic hydroxyl groups excluding tert-OH is 1. The van der Waals surface area contributed by atoms with E-state index >= 15 is 0 Å². The van der Waals surface area contributed by atoms with Crippen LogP contribution in [0.1, 0.15) is 32.6 Å². The summed E-state index contributed by atoms with van der Waals surface area (Å²) in [4.78, 5) is 2.14. The minimum Gasteiger partial charge on any atom is -0.392 e. The molecule has 96 valence electrons. The number of nitrogens with zero attached hydrogens (tertiary/aromatic N) is 1. The molecule has 5 heteroatoms. The van der Waals surface area contributed by atoms with E-state index < -0.39 is 9.84 Å². The second-order valence-corrected chi connectivity index (χ2v) is 6.96. The summed E-state index contributed by atoms with van der Waals surface area (Å²) in [6, 6.07) is 0.153. The lowest BCUT2D eigenvalue weighted by molar-refractivity contribution is 0.0275. The Labute approximate surface area is 98.6 Å². The summed E-state index contributed by atoms with van der Waals surface area (Å²) in [6.07, 6.45) is 4.91. The van der Waals surface area contributed by atoms with Crippen molar-refractivity contribution in [2.75, 3.05) is 25.1 Å². The van der Waals surface area contributed by atoms with Gasteiger partial charge in [-0.05, 0) is 25.8 Å². The van der Waals surface area contributed by atoms with Gasteiger partial charge in [0.05, 0.1) is 11.9 Å². The molecule has 1 heterocycles. The van der Waals surface area contributed by atoms with E-state index in [4.69, 9.17) is 0 Å². The minimum absolute atomic E-state index is 0.153. The van der Waals surface area contributed by atoms with E-state index in [9.17, 15) is 13.5 Å². The van der Waals surface area contributed by atoms with Crippen LogP contribution >= 0.6 is 0 Å². The maximum atomic E-state index is 11.1. The molecule has 2 unspecified atom stereocenters. The highest BCUT2D eigenvalue weighted by molar-refractivity contribution is 7.90. The van der Waals surface area contributed by atoms with Gasteiger partial charge in [-0.2, -0.15) is 0 Å². The Kier molecular flexibility index (Phi) is 5.21. The van der Waals surface area contributed by atoms with Crippen LogP contribution in [-0.4, -0.2) is 55.7 Å². The molecule has 0 amide bonds. The number of hydrogen-bond donors (Lipinski definition) is 1. The summed E-state index contributed by atoms with van der Waals surface area (Å²) < 4.78 is 22.3. The molecule has 0 aromatic carbocycles. The molecule has 1 saturated heterocycles. The largest absolute Gasteiger partial charge is 0.392 e. The first-order chi connectivity index (χ1) is 7.44. The van der Waals surface area contributed by atoms with Crippen LogP contribution in [0.25, 0.3) is 0 Å². The average Bonchev–Trinajstić information content (AvgIpc) is 2.25. The first-order valence-electron chi connectivity index (χ1n) is 6.04. The van der Waals surface area contributed by atoms with E-state index in [0.717, 1.165) is 32.2 Å². The number of sulfone groups is 1. The molecule has 0 aromatic rings. The van der Waals surface area contributed by atoms with Crippen LogP contribution in [0.4, 0.5) is 0 Å². The Bertz CT molecular complexity index is 302. The van der Waals surface area contributed by atoms with E-state index in [1.165, 1.54) is 6.26 Å². The first-order valence-corrected chi connectivity index (χ1v) is 8.10. The van der Waals surface area contributed by atoms with E-state index in [1.54, 1.807) is 0 Å². The molecule has 0 radical (unpaired) electrons. The Balaban J connectivity index is 2.53. The zero-order chi connectivity index (χ0) is 12.2. The summed E-state index contributed by atoms with van der Waals surface area (Å²) in [5, 5.41) is 9.89. The summed E-state index contributed by atoms with van der Waals surface area (Å²) >= 11 is 0. The van der Waals surface area contributed by atoms with Gasteiger partial charge in [0, 0.05) is 18.8 Å². The van der Waals surface area contributed by atoms with Gasteiger partial charge in [0.15, 0.2) is 0 Å². The number of rotatable bonds is 5. The van der Waals surface area contributed by atoms with E-state index in [1.807, 2.05) is 6.92 Å². The first kappa shape index (κ1) is 13.9. The topological polar surface area (TPSA) is 57.6 Å². The summed E-state index contributed by atoms with van der Waals surface area (Å²) in [5.41, 5.74) is 0. The summed E-state index contributed by atoms with van der Waals surface area (Å²) in [6.45, 7) is 3.44. The van der Waals surface area contributed by atoms with Gasteiger partial charge in [-0.15, -0.1) is 0 Å². The fraction of sp³-hybridized carbons (Fsp3) is 1.00. The molecule has 1 fully saturated rings. The van der Waals surface area contributed by atoms with Crippen LogP contribution in [0.2, 0.25) is 0 Å². The van der Waals surface area contributed by atoms with Crippen molar-refractivity contribution in [1.82, 2.24) is 4.90 Å². The molecule has 4 nitrogen and oxygen atoms in total. The molecule has 1 rings (SSSR count). The highest BCUT2D eigenvalue weighted by Gasteiger charge is 2.27. The average molecular weight is 249 g/mol. The van der Waals surface area contributed by atoms with Crippen LogP contribution in [0, 0.1) is 0 Å². The third-order valence-electron chi connectivity index (χ3n) is 3.28. The molecular weight excluding hydrogens is 226 g/mol. The predicted octanol–water partition coefficient (Wildman–Crippen LogP) is 0.656. The molecule has 1 aliphatic heterocycles. The lowest BCUT2D eigenvalue weighted by Crippen LogP contribution is -2.48. The fourth-order valence-electron chi connectivity index (χ4n) is 2.29. The third kappa shape index (κ3) is 4.39. The lowest BCUT2D eigenvalue weighted by atomic mass is 9.96. The van der Waals surface area contributed by atoms with E-state index in [2.05, 4.69) is 4.90 Å². The Hall–Kier alpha value is -0.130. The molecule has 1 N–H and O–H groups in total. The van der Waals surface area contributed by atoms with Crippen LogP contribution in [0.15, 0.2) is 0 Å². The van der Waals surface area contributed by atoms with Gasteiger partial charge in [-0.3, -0.25) is 4.90 Å². The summed E-state index contributed by atoms with van der Waals surface area (Å²) in [5.74, 6) is 0.194. The van der Waals surface area contributed by atoms with E-state index in [-0.39, 0.29) is 17.9 Å². The molecular formula is C11H23NO3S. The predicted molar refractivity (Wildman–Crippen MR) is 65.2 cm³/mol. The summed E-state index contributed by atoms with van der Waals surface area (Å²) in [7, 11) is -2.90. The van der Waals surface area contributed by atoms with Crippen LogP contribution in [-0.2, 0) is 9.84 Å². The van der Waals surface area contributed by atoms with Crippen molar-refractivity contribution >= 4 is 9.84 Å². The monoisotopic (exact) mass is 249 g/mol. The van der Waals surface area contributed by atoms with Gasteiger partial charge in [-0.1, -0.05) is 13.3 Å².